The molecule has 20 heavy (non-hydrogen) atoms. The number of nitrogens with zero attached hydrogens (tertiary/aromatic N) is 1. The van der Waals surface area contributed by atoms with Crippen molar-refractivity contribution in [2.24, 2.45) is 5.73 Å². The van der Waals surface area contributed by atoms with Crippen molar-refractivity contribution >= 4 is 5.91 Å². The van der Waals surface area contributed by atoms with E-state index >= 15 is 0 Å². The van der Waals surface area contributed by atoms with Crippen molar-refractivity contribution in [2.45, 2.75) is 13.0 Å². The van der Waals surface area contributed by atoms with E-state index < -0.39 is 0 Å². The lowest BCUT2D eigenvalue weighted by Gasteiger charge is -2.24. The number of nitrogens with two attached hydrogens (primary N) is 1. The van der Waals surface area contributed by atoms with Gasteiger partial charge in [-0.3, -0.25) is 4.79 Å². The van der Waals surface area contributed by atoms with E-state index in [4.69, 9.17) is 19.9 Å². The van der Waals surface area contributed by atoms with Crippen LogP contribution in [-0.4, -0.2) is 51.8 Å². The summed E-state index contributed by atoms with van der Waals surface area (Å²) in [6, 6.07) is 3.20. The molecule has 112 valence electrons. The van der Waals surface area contributed by atoms with Crippen molar-refractivity contribution in [3.8, 4) is 17.2 Å². The van der Waals surface area contributed by atoms with Crippen LogP contribution in [0.1, 0.15) is 17.3 Å². The molecule has 1 atom stereocenters. The van der Waals surface area contributed by atoms with Crippen LogP contribution >= 0.6 is 0 Å². The van der Waals surface area contributed by atoms with Crippen LogP contribution in [0.2, 0.25) is 0 Å². The quantitative estimate of drug-likeness (QED) is 0.846. The summed E-state index contributed by atoms with van der Waals surface area (Å²) in [7, 11) is 6.25. The third-order valence-corrected chi connectivity index (χ3v) is 3.23. The molecular formula is C14H22N2O4. The molecule has 6 nitrogen and oxygen atoms in total. The van der Waals surface area contributed by atoms with Gasteiger partial charge in [-0.15, -0.1) is 0 Å². The number of hydrogen-bond donors (Lipinski definition) is 1. The topological polar surface area (TPSA) is 74.0 Å². The van der Waals surface area contributed by atoms with Gasteiger partial charge >= 0.3 is 0 Å². The van der Waals surface area contributed by atoms with E-state index in [-0.39, 0.29) is 11.9 Å². The Morgan fingerprint density at radius 3 is 2.05 bits per heavy atom. The molecule has 2 N–H and O–H groups in total. The highest BCUT2D eigenvalue weighted by atomic mass is 16.5. The normalized spacial score (nSPS) is 11.7. The second kappa shape index (κ2) is 7.00. The highest BCUT2D eigenvalue weighted by molar-refractivity contribution is 5.95. The highest BCUT2D eigenvalue weighted by Crippen LogP contribution is 2.38. The number of carbonyl (C=O) groups is 1. The zero-order valence-electron chi connectivity index (χ0n) is 12.6. The highest BCUT2D eigenvalue weighted by Gasteiger charge is 2.21. The molecule has 0 aliphatic carbocycles. The van der Waals surface area contributed by atoms with Crippen molar-refractivity contribution in [1.82, 2.24) is 4.90 Å². The molecule has 0 aliphatic rings. The first-order chi connectivity index (χ1) is 9.49. The van der Waals surface area contributed by atoms with Gasteiger partial charge in [-0.1, -0.05) is 0 Å². The van der Waals surface area contributed by atoms with Gasteiger partial charge < -0.3 is 24.8 Å². The number of carbonyl (C=O) groups excluding carboxylic acids is 1. The van der Waals surface area contributed by atoms with Crippen LogP contribution in [0.3, 0.4) is 0 Å². The minimum Gasteiger partial charge on any atom is -0.493 e. The van der Waals surface area contributed by atoms with Crippen molar-refractivity contribution in [2.75, 3.05) is 34.9 Å². The summed E-state index contributed by atoms with van der Waals surface area (Å²) in [6.07, 6.45) is 0. The molecule has 0 radical (unpaired) electrons. The summed E-state index contributed by atoms with van der Waals surface area (Å²) in [5, 5.41) is 0. The predicted octanol–water partition coefficient (Wildman–Crippen LogP) is 1.13. The van der Waals surface area contributed by atoms with E-state index in [2.05, 4.69) is 0 Å². The average molecular weight is 282 g/mol. The SMILES string of the molecule is COc1cc(C(=O)N(C)C(C)CN)cc(OC)c1OC. The Bertz CT molecular complexity index is 451. The van der Waals surface area contributed by atoms with Gasteiger partial charge in [0.2, 0.25) is 5.75 Å². The summed E-state index contributed by atoms with van der Waals surface area (Å²) in [6.45, 7) is 2.28. The zero-order valence-corrected chi connectivity index (χ0v) is 12.6. The molecule has 1 amide bonds. The number of ether oxygens (including phenoxy) is 3. The number of amides is 1. The molecule has 1 rings (SSSR count). The lowest BCUT2D eigenvalue weighted by molar-refractivity contribution is 0.0747. The molecule has 0 fully saturated rings. The summed E-state index contributed by atoms with van der Waals surface area (Å²) in [4.78, 5) is 14.0. The molecule has 0 aromatic heterocycles. The molecular weight excluding hydrogens is 260 g/mol. The lowest BCUT2D eigenvalue weighted by atomic mass is 10.1. The maximum Gasteiger partial charge on any atom is 0.254 e. The lowest BCUT2D eigenvalue weighted by Crippen LogP contribution is -2.39. The van der Waals surface area contributed by atoms with Crippen molar-refractivity contribution < 1.29 is 19.0 Å². The number of methoxy groups -OCH3 is 3. The first-order valence-electron chi connectivity index (χ1n) is 6.27. The fraction of sp³-hybridized carbons (Fsp3) is 0.500. The maximum absolute atomic E-state index is 12.4. The molecule has 0 aliphatic heterocycles. The third-order valence-electron chi connectivity index (χ3n) is 3.23. The fourth-order valence-electron chi connectivity index (χ4n) is 1.77. The van der Waals surface area contributed by atoms with Crippen molar-refractivity contribution in [1.29, 1.82) is 0 Å². The summed E-state index contributed by atoms with van der Waals surface area (Å²) < 4.78 is 15.7. The number of rotatable bonds is 6. The van der Waals surface area contributed by atoms with Gasteiger partial charge in [0.1, 0.15) is 0 Å². The second-order valence-corrected chi connectivity index (χ2v) is 4.41. The molecule has 0 spiro atoms. The third kappa shape index (κ3) is 3.14. The summed E-state index contributed by atoms with van der Waals surface area (Å²) in [5.74, 6) is 1.20. The zero-order chi connectivity index (χ0) is 15.3. The van der Waals surface area contributed by atoms with E-state index in [1.165, 1.54) is 21.3 Å². The van der Waals surface area contributed by atoms with Gasteiger partial charge in [-0.05, 0) is 19.1 Å². The van der Waals surface area contributed by atoms with E-state index in [1.807, 2.05) is 6.92 Å². The van der Waals surface area contributed by atoms with E-state index in [0.29, 0.717) is 29.4 Å². The van der Waals surface area contributed by atoms with Gasteiger partial charge in [0.15, 0.2) is 11.5 Å². The smallest absolute Gasteiger partial charge is 0.254 e. The Morgan fingerprint density at radius 1 is 1.20 bits per heavy atom. The fourth-order valence-corrected chi connectivity index (χ4v) is 1.77. The largest absolute Gasteiger partial charge is 0.493 e. The van der Waals surface area contributed by atoms with Gasteiger partial charge in [0.05, 0.1) is 21.3 Å². The second-order valence-electron chi connectivity index (χ2n) is 4.41. The number of hydrogen-bond acceptors (Lipinski definition) is 5. The van der Waals surface area contributed by atoms with Crippen LogP contribution in [-0.2, 0) is 0 Å². The first kappa shape index (κ1) is 16.1. The van der Waals surface area contributed by atoms with Crippen LogP contribution in [0.5, 0.6) is 17.2 Å². The Balaban J connectivity index is 3.22. The molecule has 1 aromatic rings. The molecule has 6 heteroatoms. The van der Waals surface area contributed by atoms with Gasteiger partial charge in [-0.25, -0.2) is 0 Å². The first-order valence-corrected chi connectivity index (χ1v) is 6.27. The minimum atomic E-state index is -0.151. The van der Waals surface area contributed by atoms with Crippen LogP contribution in [0.15, 0.2) is 12.1 Å². The predicted molar refractivity (Wildman–Crippen MR) is 76.7 cm³/mol. The summed E-state index contributed by atoms with van der Waals surface area (Å²) >= 11 is 0. The van der Waals surface area contributed by atoms with Crippen molar-refractivity contribution in [3.05, 3.63) is 17.7 Å². The molecule has 0 saturated heterocycles. The maximum atomic E-state index is 12.4. The van der Waals surface area contributed by atoms with Gasteiger partial charge in [0.25, 0.3) is 5.91 Å². The van der Waals surface area contributed by atoms with Crippen LogP contribution in [0.25, 0.3) is 0 Å². The number of benzene rings is 1. The van der Waals surface area contributed by atoms with Crippen molar-refractivity contribution in [3.63, 3.8) is 0 Å². The van der Waals surface area contributed by atoms with Crippen LogP contribution < -0.4 is 19.9 Å². The Labute approximate surface area is 119 Å². The Morgan fingerprint density at radius 2 is 1.70 bits per heavy atom. The van der Waals surface area contributed by atoms with E-state index in [9.17, 15) is 4.79 Å². The number of likely N-dealkylation sites (N-methyl/N-ethyl adjacent to an activating group) is 1. The van der Waals surface area contributed by atoms with Gasteiger partial charge in [0, 0.05) is 25.2 Å². The van der Waals surface area contributed by atoms with Gasteiger partial charge in [-0.2, -0.15) is 0 Å². The monoisotopic (exact) mass is 282 g/mol. The Kier molecular flexibility index (Phi) is 5.64. The average Bonchev–Trinajstić information content (AvgIpc) is 2.50. The standard InChI is InChI=1S/C14H22N2O4/c1-9(8-15)16(2)14(17)10-6-11(18-3)13(20-5)12(7-10)19-4/h6-7,9H,8,15H2,1-5H3. The van der Waals surface area contributed by atoms with E-state index in [1.54, 1.807) is 24.1 Å². The molecule has 0 saturated carbocycles. The van der Waals surface area contributed by atoms with E-state index in [0.717, 1.165) is 0 Å². The molecule has 1 aromatic carbocycles. The van der Waals surface area contributed by atoms with Crippen LogP contribution in [0.4, 0.5) is 0 Å². The summed E-state index contributed by atoms with van der Waals surface area (Å²) in [5.41, 5.74) is 6.04. The minimum absolute atomic E-state index is 0.0541. The molecule has 1 unspecified atom stereocenters. The molecule has 0 bridgehead atoms. The Hall–Kier alpha value is -1.95. The molecule has 0 heterocycles. The van der Waals surface area contributed by atoms with Crippen LogP contribution in [0, 0.1) is 0 Å².